The number of carbonyl (C=O) groups excluding carboxylic acids is 2. The fourth-order valence-electron chi connectivity index (χ4n) is 3.43. The fraction of sp³-hybridized carbons (Fsp3) is 0.474. The normalized spacial score (nSPS) is 19.3. The molecule has 28 heavy (non-hydrogen) atoms. The number of aryl methyl sites for hydroxylation is 1. The molecule has 0 aliphatic carbocycles. The van der Waals surface area contributed by atoms with E-state index in [1.54, 1.807) is 17.9 Å². The van der Waals surface area contributed by atoms with Crippen molar-refractivity contribution in [2.75, 3.05) is 19.7 Å². The van der Waals surface area contributed by atoms with E-state index in [0.717, 1.165) is 0 Å². The van der Waals surface area contributed by atoms with Crippen LogP contribution in [0.1, 0.15) is 24.6 Å². The Morgan fingerprint density at radius 1 is 1.21 bits per heavy atom. The van der Waals surface area contributed by atoms with Gasteiger partial charge in [0.15, 0.2) is 17.3 Å². The number of nitrogens with one attached hydrogen (secondary N) is 1. The highest BCUT2D eigenvalue weighted by Gasteiger charge is 2.34. The molecule has 0 spiro atoms. The predicted molar refractivity (Wildman–Crippen MR) is 96.5 cm³/mol. The van der Waals surface area contributed by atoms with Crippen molar-refractivity contribution in [1.82, 2.24) is 20.4 Å². The lowest BCUT2D eigenvalue weighted by Gasteiger charge is -2.35. The lowest BCUT2D eigenvalue weighted by Crippen LogP contribution is -2.50. The summed E-state index contributed by atoms with van der Waals surface area (Å²) in [5, 5.41) is 6.51. The zero-order valence-electron chi connectivity index (χ0n) is 15.6. The van der Waals surface area contributed by atoms with Crippen molar-refractivity contribution < 1.29 is 23.6 Å². The summed E-state index contributed by atoms with van der Waals surface area (Å²) in [6.07, 6.45) is 0.552. The van der Waals surface area contributed by atoms with Crippen LogP contribution in [-0.2, 0) is 16.1 Å². The molecule has 0 bridgehead atoms. The first-order valence-electron chi connectivity index (χ1n) is 9.34. The maximum absolute atomic E-state index is 12.7. The van der Waals surface area contributed by atoms with E-state index in [2.05, 4.69) is 15.5 Å². The van der Waals surface area contributed by atoms with E-state index in [1.165, 1.54) is 0 Å². The predicted octanol–water partition coefficient (Wildman–Crippen LogP) is 1.07. The summed E-state index contributed by atoms with van der Waals surface area (Å²) in [6.45, 7) is 3.16. The molecule has 1 saturated heterocycles. The van der Waals surface area contributed by atoms with Crippen LogP contribution in [0.4, 0.5) is 0 Å². The standard InChI is InChI=1S/C19H22N4O5/c1-12-21-17(28-22-12)10-20-18(24)13-6-8-23(9-7-13)19(25)16-11-26-14-4-2-3-5-15(14)27-16/h2-5,13,16H,6-11H2,1H3,(H,20,24). The van der Waals surface area contributed by atoms with Crippen LogP contribution in [0, 0.1) is 12.8 Å². The number of piperidine rings is 1. The van der Waals surface area contributed by atoms with Gasteiger partial charge in [0.1, 0.15) is 6.61 Å². The summed E-state index contributed by atoms with van der Waals surface area (Å²) in [5.41, 5.74) is 0. The van der Waals surface area contributed by atoms with Gasteiger partial charge in [-0.05, 0) is 31.9 Å². The van der Waals surface area contributed by atoms with Crippen LogP contribution in [0.3, 0.4) is 0 Å². The van der Waals surface area contributed by atoms with Crippen molar-refractivity contribution in [2.45, 2.75) is 32.4 Å². The molecule has 0 radical (unpaired) electrons. The van der Waals surface area contributed by atoms with Crippen LogP contribution in [0.5, 0.6) is 11.5 Å². The first kappa shape index (κ1) is 18.3. The Bertz CT molecular complexity index is 860. The van der Waals surface area contributed by atoms with Gasteiger partial charge in [-0.25, -0.2) is 0 Å². The van der Waals surface area contributed by atoms with Crippen molar-refractivity contribution in [2.24, 2.45) is 5.92 Å². The number of ether oxygens (including phenoxy) is 2. The van der Waals surface area contributed by atoms with Gasteiger partial charge in [-0.3, -0.25) is 9.59 Å². The second kappa shape index (κ2) is 7.87. The average Bonchev–Trinajstić information content (AvgIpc) is 3.16. The van der Waals surface area contributed by atoms with Gasteiger partial charge in [-0.2, -0.15) is 4.98 Å². The first-order chi connectivity index (χ1) is 13.6. The second-order valence-corrected chi connectivity index (χ2v) is 6.92. The summed E-state index contributed by atoms with van der Waals surface area (Å²) in [5.74, 6) is 1.85. The van der Waals surface area contributed by atoms with Gasteiger partial charge in [-0.15, -0.1) is 0 Å². The van der Waals surface area contributed by atoms with Crippen LogP contribution < -0.4 is 14.8 Å². The number of para-hydroxylation sites is 2. The molecule has 1 unspecified atom stereocenters. The zero-order chi connectivity index (χ0) is 19.5. The van der Waals surface area contributed by atoms with E-state index in [9.17, 15) is 9.59 Å². The van der Waals surface area contributed by atoms with Crippen molar-refractivity contribution >= 4 is 11.8 Å². The van der Waals surface area contributed by atoms with Gasteiger partial charge >= 0.3 is 0 Å². The number of carbonyl (C=O) groups is 2. The molecule has 148 valence electrons. The highest BCUT2D eigenvalue weighted by atomic mass is 16.6. The summed E-state index contributed by atoms with van der Waals surface area (Å²) >= 11 is 0. The van der Waals surface area contributed by atoms with Crippen molar-refractivity contribution in [3.05, 3.63) is 36.0 Å². The van der Waals surface area contributed by atoms with Crippen LogP contribution in [0.15, 0.2) is 28.8 Å². The van der Waals surface area contributed by atoms with Crippen molar-refractivity contribution in [1.29, 1.82) is 0 Å². The van der Waals surface area contributed by atoms with Crippen molar-refractivity contribution in [3.63, 3.8) is 0 Å². The van der Waals surface area contributed by atoms with E-state index in [-0.39, 0.29) is 30.9 Å². The maximum atomic E-state index is 12.7. The molecule has 1 fully saturated rings. The number of benzene rings is 1. The van der Waals surface area contributed by atoms with Gasteiger partial charge in [0, 0.05) is 19.0 Å². The number of amides is 2. The topological polar surface area (TPSA) is 107 Å². The molecule has 2 aliphatic heterocycles. The zero-order valence-corrected chi connectivity index (χ0v) is 15.6. The molecule has 4 rings (SSSR count). The lowest BCUT2D eigenvalue weighted by atomic mass is 9.95. The molecule has 2 aliphatic rings. The molecule has 1 aromatic heterocycles. The summed E-state index contributed by atoms with van der Waals surface area (Å²) < 4.78 is 16.4. The summed E-state index contributed by atoms with van der Waals surface area (Å²) in [6, 6.07) is 7.31. The third-order valence-electron chi connectivity index (χ3n) is 4.94. The Labute approximate surface area is 162 Å². The largest absolute Gasteiger partial charge is 0.485 e. The van der Waals surface area contributed by atoms with Gasteiger partial charge in [-0.1, -0.05) is 17.3 Å². The third-order valence-corrected chi connectivity index (χ3v) is 4.94. The molecule has 1 atom stereocenters. The number of hydrogen-bond donors (Lipinski definition) is 1. The van der Waals surface area contributed by atoms with Crippen LogP contribution in [0.25, 0.3) is 0 Å². The molecule has 9 nitrogen and oxygen atoms in total. The lowest BCUT2D eigenvalue weighted by molar-refractivity contribution is -0.144. The van der Waals surface area contributed by atoms with Gasteiger partial charge in [0.2, 0.25) is 17.9 Å². The number of aromatic nitrogens is 2. The number of hydrogen-bond acceptors (Lipinski definition) is 7. The molecule has 1 aromatic carbocycles. The first-order valence-corrected chi connectivity index (χ1v) is 9.34. The van der Waals surface area contributed by atoms with Crippen molar-refractivity contribution in [3.8, 4) is 11.5 Å². The molecular weight excluding hydrogens is 364 g/mol. The van der Waals surface area contributed by atoms with E-state index in [4.69, 9.17) is 14.0 Å². The molecule has 9 heteroatoms. The number of nitrogens with zero attached hydrogens (tertiary/aromatic N) is 3. The van der Waals surface area contributed by atoms with Crippen LogP contribution >= 0.6 is 0 Å². The second-order valence-electron chi connectivity index (χ2n) is 6.92. The van der Waals surface area contributed by atoms with E-state index >= 15 is 0 Å². The Hall–Kier alpha value is -3.10. The molecular formula is C19H22N4O5. The Balaban J connectivity index is 1.26. The van der Waals surface area contributed by atoms with E-state index < -0.39 is 6.10 Å². The minimum Gasteiger partial charge on any atom is -0.485 e. The average molecular weight is 386 g/mol. The number of fused-ring (bicyclic) bond motifs is 1. The third kappa shape index (κ3) is 3.92. The SMILES string of the molecule is Cc1noc(CNC(=O)C2CCN(C(=O)C3COc4ccccc4O3)CC2)n1. The number of rotatable bonds is 4. The van der Waals surface area contributed by atoms with E-state index in [1.807, 2.05) is 18.2 Å². The van der Waals surface area contributed by atoms with Crippen LogP contribution in [0.2, 0.25) is 0 Å². The molecule has 1 N–H and O–H groups in total. The Kier molecular flexibility index (Phi) is 5.14. The monoisotopic (exact) mass is 386 g/mol. The fourth-order valence-corrected chi connectivity index (χ4v) is 3.43. The molecule has 3 heterocycles. The van der Waals surface area contributed by atoms with E-state index in [0.29, 0.717) is 49.1 Å². The minimum atomic E-state index is -0.652. The molecule has 2 aromatic rings. The van der Waals surface area contributed by atoms with Gasteiger partial charge in [0.05, 0.1) is 6.54 Å². The molecule has 0 saturated carbocycles. The maximum Gasteiger partial charge on any atom is 0.267 e. The molecule has 2 amide bonds. The number of likely N-dealkylation sites (tertiary alicyclic amines) is 1. The quantitative estimate of drug-likeness (QED) is 0.838. The highest BCUT2D eigenvalue weighted by molar-refractivity contribution is 5.83. The Morgan fingerprint density at radius 3 is 2.68 bits per heavy atom. The highest BCUT2D eigenvalue weighted by Crippen LogP contribution is 2.31. The minimum absolute atomic E-state index is 0.0610. The van der Waals surface area contributed by atoms with Gasteiger partial charge < -0.3 is 24.2 Å². The Morgan fingerprint density at radius 2 is 1.96 bits per heavy atom. The smallest absolute Gasteiger partial charge is 0.267 e. The summed E-state index contributed by atoms with van der Waals surface area (Å²) in [7, 11) is 0. The summed E-state index contributed by atoms with van der Waals surface area (Å²) in [4.78, 5) is 30.9. The van der Waals surface area contributed by atoms with Gasteiger partial charge in [0.25, 0.3) is 5.91 Å². The van der Waals surface area contributed by atoms with Crippen LogP contribution in [-0.4, -0.2) is 52.7 Å².